The van der Waals surface area contributed by atoms with Gasteiger partial charge in [0, 0.05) is 45.2 Å². The van der Waals surface area contributed by atoms with E-state index in [1.807, 2.05) is 21.9 Å². The molecular formula is C21H31N3O4. The number of piperidine rings is 1. The van der Waals surface area contributed by atoms with E-state index < -0.39 is 6.10 Å². The fourth-order valence-electron chi connectivity index (χ4n) is 3.80. The Balaban J connectivity index is 1.46. The molecule has 28 heavy (non-hydrogen) atoms. The first-order valence-corrected chi connectivity index (χ1v) is 10.0. The van der Waals surface area contributed by atoms with Crippen LogP contribution in [0, 0.1) is 5.92 Å². The number of ether oxygens (including phenoxy) is 2. The molecule has 0 N–H and O–H groups in total. The van der Waals surface area contributed by atoms with E-state index in [0.29, 0.717) is 18.8 Å². The van der Waals surface area contributed by atoms with Crippen LogP contribution < -0.4 is 9.47 Å². The van der Waals surface area contributed by atoms with Crippen molar-refractivity contribution >= 4 is 11.8 Å². The SMILES string of the molecule is COc1ccc(OC(C)C(=O)N2CCC(C(=O)N3CCN(C)CC3)CC2)cc1. The number of likely N-dealkylation sites (tertiary alicyclic amines) is 1. The number of amides is 2. The van der Waals surface area contributed by atoms with E-state index in [2.05, 4.69) is 11.9 Å². The van der Waals surface area contributed by atoms with E-state index in [1.165, 1.54) is 0 Å². The molecule has 7 nitrogen and oxygen atoms in total. The molecule has 1 atom stereocenters. The molecule has 7 heteroatoms. The molecule has 2 saturated heterocycles. The van der Waals surface area contributed by atoms with E-state index in [1.54, 1.807) is 26.2 Å². The number of carbonyl (C=O) groups excluding carboxylic acids is 2. The number of carbonyl (C=O) groups is 2. The second kappa shape index (κ2) is 9.28. The summed E-state index contributed by atoms with van der Waals surface area (Å²) >= 11 is 0. The van der Waals surface area contributed by atoms with Crippen LogP contribution in [0.25, 0.3) is 0 Å². The van der Waals surface area contributed by atoms with Gasteiger partial charge in [-0.3, -0.25) is 9.59 Å². The number of hydrogen-bond donors (Lipinski definition) is 0. The maximum Gasteiger partial charge on any atom is 0.263 e. The summed E-state index contributed by atoms with van der Waals surface area (Å²) in [5, 5.41) is 0. The number of rotatable bonds is 5. The van der Waals surface area contributed by atoms with Gasteiger partial charge in [0.25, 0.3) is 5.91 Å². The molecule has 2 fully saturated rings. The molecule has 0 bridgehead atoms. The Morgan fingerprint density at radius 3 is 2.07 bits per heavy atom. The van der Waals surface area contributed by atoms with Crippen LogP contribution in [0.3, 0.4) is 0 Å². The first kappa shape index (κ1) is 20.5. The highest BCUT2D eigenvalue weighted by molar-refractivity contribution is 5.82. The van der Waals surface area contributed by atoms with Crippen LogP contribution in [-0.4, -0.2) is 86.0 Å². The van der Waals surface area contributed by atoms with Gasteiger partial charge in [-0.05, 0) is 51.1 Å². The molecule has 2 amide bonds. The monoisotopic (exact) mass is 389 g/mol. The average molecular weight is 389 g/mol. The third-order valence-corrected chi connectivity index (χ3v) is 5.69. The van der Waals surface area contributed by atoms with Gasteiger partial charge >= 0.3 is 0 Å². The molecule has 154 valence electrons. The van der Waals surface area contributed by atoms with Crippen LogP contribution in [0.5, 0.6) is 11.5 Å². The number of hydrogen-bond acceptors (Lipinski definition) is 5. The number of piperazine rings is 1. The molecule has 0 radical (unpaired) electrons. The molecule has 2 aliphatic rings. The lowest BCUT2D eigenvalue weighted by Crippen LogP contribution is -2.51. The first-order chi connectivity index (χ1) is 13.5. The van der Waals surface area contributed by atoms with Crippen LogP contribution in [0.15, 0.2) is 24.3 Å². The maximum atomic E-state index is 12.7. The Labute approximate surface area is 167 Å². The standard InChI is InChI=1S/C21H31N3O4/c1-16(28-19-6-4-18(27-3)5-7-19)20(25)23-10-8-17(9-11-23)21(26)24-14-12-22(2)13-15-24/h4-7,16-17H,8-15H2,1-3H3. The van der Waals surface area contributed by atoms with Gasteiger partial charge in [0.1, 0.15) is 11.5 Å². The summed E-state index contributed by atoms with van der Waals surface area (Å²) in [5.74, 6) is 1.65. The van der Waals surface area contributed by atoms with Gasteiger partial charge in [0.15, 0.2) is 6.10 Å². The van der Waals surface area contributed by atoms with Crippen LogP contribution >= 0.6 is 0 Å². The smallest absolute Gasteiger partial charge is 0.263 e. The molecule has 2 heterocycles. The Hall–Kier alpha value is -2.28. The van der Waals surface area contributed by atoms with E-state index >= 15 is 0 Å². The van der Waals surface area contributed by atoms with E-state index in [0.717, 1.165) is 44.8 Å². The summed E-state index contributed by atoms with van der Waals surface area (Å²) in [6.07, 6.45) is 0.900. The van der Waals surface area contributed by atoms with Crippen LogP contribution in [0.2, 0.25) is 0 Å². The van der Waals surface area contributed by atoms with Gasteiger partial charge in [-0.15, -0.1) is 0 Å². The molecule has 1 unspecified atom stereocenters. The van der Waals surface area contributed by atoms with Gasteiger partial charge in [-0.1, -0.05) is 0 Å². The van der Waals surface area contributed by atoms with Crippen molar-refractivity contribution < 1.29 is 19.1 Å². The van der Waals surface area contributed by atoms with E-state index in [4.69, 9.17) is 9.47 Å². The van der Waals surface area contributed by atoms with Crippen molar-refractivity contribution in [3.05, 3.63) is 24.3 Å². The quantitative estimate of drug-likeness (QED) is 0.763. The summed E-state index contributed by atoms with van der Waals surface area (Å²) in [7, 11) is 3.70. The Kier molecular flexibility index (Phi) is 6.78. The highest BCUT2D eigenvalue weighted by Crippen LogP contribution is 2.23. The molecule has 0 aromatic heterocycles. The molecule has 1 aromatic rings. The minimum Gasteiger partial charge on any atom is -0.497 e. The number of likely N-dealkylation sites (N-methyl/N-ethyl adjacent to an activating group) is 1. The van der Waals surface area contributed by atoms with E-state index in [9.17, 15) is 9.59 Å². The lowest BCUT2D eigenvalue weighted by atomic mass is 9.94. The zero-order valence-electron chi connectivity index (χ0n) is 17.1. The predicted molar refractivity (Wildman–Crippen MR) is 106 cm³/mol. The summed E-state index contributed by atoms with van der Waals surface area (Å²) in [6, 6.07) is 7.21. The normalized spacial score (nSPS) is 20.0. The van der Waals surface area contributed by atoms with Gasteiger partial charge in [0.05, 0.1) is 7.11 Å². The summed E-state index contributed by atoms with van der Waals surface area (Å²) in [5.41, 5.74) is 0. The Morgan fingerprint density at radius 1 is 0.929 bits per heavy atom. The third-order valence-electron chi connectivity index (χ3n) is 5.69. The molecular weight excluding hydrogens is 358 g/mol. The molecule has 3 rings (SSSR count). The lowest BCUT2D eigenvalue weighted by Gasteiger charge is -2.38. The van der Waals surface area contributed by atoms with Crippen molar-refractivity contribution in [3.63, 3.8) is 0 Å². The van der Waals surface area contributed by atoms with E-state index in [-0.39, 0.29) is 17.7 Å². The van der Waals surface area contributed by atoms with Crippen LogP contribution in [0.1, 0.15) is 19.8 Å². The average Bonchev–Trinajstić information content (AvgIpc) is 2.74. The second-order valence-corrected chi connectivity index (χ2v) is 7.66. The first-order valence-electron chi connectivity index (χ1n) is 10.0. The Morgan fingerprint density at radius 2 is 1.50 bits per heavy atom. The molecule has 0 saturated carbocycles. The second-order valence-electron chi connectivity index (χ2n) is 7.66. The van der Waals surface area contributed by atoms with Gasteiger partial charge in [-0.25, -0.2) is 0 Å². The maximum absolute atomic E-state index is 12.7. The zero-order valence-corrected chi connectivity index (χ0v) is 17.1. The van der Waals surface area contributed by atoms with Crippen molar-refractivity contribution in [1.82, 2.24) is 14.7 Å². The van der Waals surface area contributed by atoms with Crippen molar-refractivity contribution in [1.29, 1.82) is 0 Å². The summed E-state index contributed by atoms with van der Waals surface area (Å²) in [4.78, 5) is 31.5. The number of benzene rings is 1. The van der Waals surface area contributed by atoms with Crippen molar-refractivity contribution in [2.75, 3.05) is 53.4 Å². The summed E-state index contributed by atoms with van der Waals surface area (Å²) in [6.45, 7) is 6.47. The minimum absolute atomic E-state index is 0.0266. The topological polar surface area (TPSA) is 62.3 Å². The molecule has 2 aliphatic heterocycles. The van der Waals surface area contributed by atoms with Crippen molar-refractivity contribution in [3.8, 4) is 11.5 Å². The Bertz CT molecular complexity index is 663. The molecule has 0 spiro atoms. The van der Waals surface area contributed by atoms with Crippen LogP contribution in [0.4, 0.5) is 0 Å². The highest BCUT2D eigenvalue weighted by Gasteiger charge is 2.32. The molecule has 1 aromatic carbocycles. The minimum atomic E-state index is -0.557. The fourth-order valence-corrected chi connectivity index (χ4v) is 3.80. The lowest BCUT2D eigenvalue weighted by molar-refractivity contribution is -0.144. The predicted octanol–water partition coefficient (Wildman–Crippen LogP) is 1.48. The zero-order chi connectivity index (χ0) is 20.1. The number of nitrogens with zero attached hydrogens (tertiary/aromatic N) is 3. The van der Waals surface area contributed by atoms with Gasteiger partial charge in [0.2, 0.25) is 5.91 Å². The fraction of sp³-hybridized carbons (Fsp3) is 0.619. The van der Waals surface area contributed by atoms with Crippen LogP contribution in [-0.2, 0) is 9.59 Å². The van der Waals surface area contributed by atoms with Gasteiger partial charge < -0.3 is 24.2 Å². The third kappa shape index (κ3) is 4.95. The van der Waals surface area contributed by atoms with Crippen molar-refractivity contribution in [2.24, 2.45) is 5.92 Å². The molecule has 0 aliphatic carbocycles. The van der Waals surface area contributed by atoms with Crippen molar-refractivity contribution in [2.45, 2.75) is 25.9 Å². The largest absolute Gasteiger partial charge is 0.497 e. The summed E-state index contributed by atoms with van der Waals surface area (Å²) < 4.78 is 10.9. The number of methoxy groups -OCH3 is 1. The highest BCUT2D eigenvalue weighted by atomic mass is 16.5. The van der Waals surface area contributed by atoms with Gasteiger partial charge in [-0.2, -0.15) is 0 Å².